The van der Waals surface area contributed by atoms with Crippen LogP contribution in [0.1, 0.15) is 24.8 Å². The number of hydrogen-bond donors (Lipinski definition) is 1. The Labute approximate surface area is 162 Å². The summed E-state index contributed by atoms with van der Waals surface area (Å²) in [5, 5.41) is 1.96. The fraction of sp³-hybridized carbons (Fsp3) is 0.316. The Morgan fingerprint density at radius 1 is 0.923 bits per heavy atom. The summed E-state index contributed by atoms with van der Waals surface area (Å²) in [5.74, 6) is -0.0737. The topological polar surface area (TPSA) is 66.5 Å². The van der Waals surface area contributed by atoms with Gasteiger partial charge >= 0.3 is 0 Å². The Morgan fingerprint density at radius 3 is 2.04 bits per heavy atom. The van der Waals surface area contributed by atoms with Gasteiger partial charge in [-0.25, -0.2) is 13.4 Å². The molecular weight excluding hydrogens is 416 g/mol. The molecule has 2 aromatic rings. The molecule has 1 N–H and O–H groups in total. The quantitative estimate of drug-likeness (QED) is 0.780. The van der Waals surface area contributed by atoms with Crippen molar-refractivity contribution in [3.05, 3.63) is 58.6 Å². The van der Waals surface area contributed by atoms with Gasteiger partial charge in [-0.1, -0.05) is 34.5 Å². The number of rotatable bonds is 5. The van der Waals surface area contributed by atoms with Gasteiger partial charge in [0.25, 0.3) is 0 Å². The van der Waals surface area contributed by atoms with Crippen molar-refractivity contribution in [1.29, 1.82) is 0 Å². The molecule has 7 heteroatoms. The molecule has 0 bridgehead atoms. The standard InChI is InChI=1S/C19H21BrN2O3S/c20-16-6-10-18(11-7-16)26(24,25)17-8-4-15(5-9-17)14-19(23)21-22-12-2-1-3-13-22/h4-11H,1-3,12-14H2,(H,21,23). The Bertz CT molecular complexity index is 859. The van der Waals surface area contributed by atoms with Crippen LogP contribution in [0.25, 0.3) is 0 Å². The summed E-state index contributed by atoms with van der Waals surface area (Å²) in [4.78, 5) is 12.6. The van der Waals surface area contributed by atoms with Crippen LogP contribution in [0.2, 0.25) is 0 Å². The number of halogens is 1. The summed E-state index contributed by atoms with van der Waals surface area (Å²) in [6.07, 6.45) is 3.64. The minimum atomic E-state index is -3.55. The number of carbonyl (C=O) groups excluding carboxylic acids is 1. The van der Waals surface area contributed by atoms with Crippen LogP contribution in [0, 0.1) is 0 Å². The van der Waals surface area contributed by atoms with Crippen molar-refractivity contribution >= 4 is 31.7 Å². The first-order valence-electron chi connectivity index (χ1n) is 8.59. The summed E-state index contributed by atoms with van der Waals surface area (Å²) in [5.41, 5.74) is 3.70. The third kappa shape index (κ3) is 4.72. The van der Waals surface area contributed by atoms with Gasteiger partial charge in [0.05, 0.1) is 16.2 Å². The number of amides is 1. The van der Waals surface area contributed by atoms with Gasteiger partial charge in [0.2, 0.25) is 15.7 Å². The first kappa shape index (κ1) is 19.1. The largest absolute Gasteiger partial charge is 0.289 e. The van der Waals surface area contributed by atoms with Gasteiger partial charge in [-0.2, -0.15) is 0 Å². The van der Waals surface area contributed by atoms with Crippen molar-refractivity contribution < 1.29 is 13.2 Å². The minimum absolute atomic E-state index is 0.0737. The number of carbonyl (C=O) groups is 1. The number of piperidine rings is 1. The van der Waals surface area contributed by atoms with Gasteiger partial charge in [-0.05, 0) is 54.8 Å². The normalized spacial score (nSPS) is 15.6. The van der Waals surface area contributed by atoms with Crippen LogP contribution in [0.15, 0.2) is 62.8 Å². The molecule has 1 heterocycles. The average Bonchev–Trinajstić information content (AvgIpc) is 2.63. The second-order valence-corrected chi connectivity index (χ2v) is 9.23. The molecule has 0 aromatic heterocycles. The van der Waals surface area contributed by atoms with E-state index in [4.69, 9.17) is 0 Å². The summed E-state index contributed by atoms with van der Waals surface area (Å²) in [6.45, 7) is 1.77. The van der Waals surface area contributed by atoms with Crippen LogP contribution < -0.4 is 5.43 Å². The van der Waals surface area contributed by atoms with Gasteiger partial charge < -0.3 is 0 Å². The van der Waals surface area contributed by atoms with E-state index in [1.807, 2.05) is 5.01 Å². The number of nitrogens with one attached hydrogen (secondary N) is 1. The van der Waals surface area contributed by atoms with Crippen molar-refractivity contribution in [1.82, 2.24) is 10.4 Å². The maximum Gasteiger partial charge on any atom is 0.238 e. The molecule has 2 aromatic carbocycles. The number of hydrogen-bond acceptors (Lipinski definition) is 4. The molecule has 3 rings (SSSR count). The average molecular weight is 437 g/mol. The van der Waals surface area contributed by atoms with Gasteiger partial charge in [-0.3, -0.25) is 10.2 Å². The fourth-order valence-corrected chi connectivity index (χ4v) is 4.47. The van der Waals surface area contributed by atoms with E-state index >= 15 is 0 Å². The molecule has 138 valence electrons. The van der Waals surface area contributed by atoms with Gasteiger partial charge in [0.15, 0.2) is 0 Å². The maximum atomic E-state index is 12.6. The van der Waals surface area contributed by atoms with E-state index in [9.17, 15) is 13.2 Å². The number of benzene rings is 2. The summed E-state index contributed by atoms with van der Waals surface area (Å²) < 4.78 is 26.1. The SMILES string of the molecule is O=C(Cc1ccc(S(=O)(=O)c2ccc(Br)cc2)cc1)NN1CCCCC1. The Balaban J connectivity index is 1.66. The lowest BCUT2D eigenvalue weighted by Gasteiger charge is -2.26. The van der Waals surface area contributed by atoms with E-state index in [1.165, 1.54) is 6.42 Å². The Kier molecular flexibility index (Phi) is 6.11. The second-order valence-electron chi connectivity index (χ2n) is 6.36. The lowest BCUT2D eigenvalue weighted by Crippen LogP contribution is -2.45. The lowest BCUT2D eigenvalue weighted by atomic mass is 10.1. The van der Waals surface area contributed by atoms with Crippen molar-refractivity contribution in [2.24, 2.45) is 0 Å². The highest BCUT2D eigenvalue weighted by Crippen LogP contribution is 2.23. The van der Waals surface area contributed by atoms with Crippen molar-refractivity contribution in [2.75, 3.05) is 13.1 Å². The molecule has 0 atom stereocenters. The Morgan fingerprint density at radius 2 is 1.46 bits per heavy atom. The first-order valence-corrected chi connectivity index (χ1v) is 10.9. The predicted molar refractivity (Wildman–Crippen MR) is 103 cm³/mol. The molecule has 0 radical (unpaired) electrons. The van der Waals surface area contributed by atoms with Crippen LogP contribution in [0.5, 0.6) is 0 Å². The highest BCUT2D eigenvalue weighted by molar-refractivity contribution is 9.10. The summed E-state index contributed by atoms with van der Waals surface area (Å²) >= 11 is 3.30. The predicted octanol–water partition coefficient (Wildman–Crippen LogP) is 3.34. The number of nitrogens with zero attached hydrogens (tertiary/aromatic N) is 1. The maximum absolute atomic E-state index is 12.6. The van der Waals surface area contributed by atoms with Crippen molar-refractivity contribution in [2.45, 2.75) is 35.5 Å². The van der Waals surface area contributed by atoms with E-state index in [0.717, 1.165) is 36.0 Å². The zero-order valence-corrected chi connectivity index (χ0v) is 16.7. The zero-order chi connectivity index (χ0) is 18.6. The molecule has 0 aliphatic carbocycles. The molecule has 5 nitrogen and oxygen atoms in total. The lowest BCUT2D eigenvalue weighted by molar-refractivity contribution is -0.125. The van der Waals surface area contributed by atoms with Crippen LogP contribution in [-0.4, -0.2) is 32.4 Å². The zero-order valence-electron chi connectivity index (χ0n) is 14.3. The molecule has 26 heavy (non-hydrogen) atoms. The van der Waals surface area contributed by atoms with E-state index in [0.29, 0.717) is 0 Å². The van der Waals surface area contributed by atoms with E-state index in [-0.39, 0.29) is 22.1 Å². The molecule has 1 aliphatic rings. The molecule has 1 amide bonds. The molecule has 1 saturated heterocycles. The van der Waals surface area contributed by atoms with Crippen molar-refractivity contribution in [3.63, 3.8) is 0 Å². The molecule has 0 saturated carbocycles. The van der Waals surface area contributed by atoms with E-state index in [1.54, 1.807) is 48.5 Å². The van der Waals surface area contributed by atoms with Crippen LogP contribution in [0.4, 0.5) is 0 Å². The molecular formula is C19H21BrN2O3S. The first-order chi connectivity index (χ1) is 12.4. The smallest absolute Gasteiger partial charge is 0.238 e. The van der Waals surface area contributed by atoms with Crippen LogP contribution in [-0.2, 0) is 21.1 Å². The molecule has 0 unspecified atom stereocenters. The fourth-order valence-electron chi connectivity index (χ4n) is 2.94. The summed E-state index contributed by atoms with van der Waals surface area (Å²) in [7, 11) is -3.55. The highest BCUT2D eigenvalue weighted by Gasteiger charge is 2.18. The van der Waals surface area contributed by atoms with E-state index < -0.39 is 9.84 Å². The third-order valence-corrected chi connectivity index (χ3v) is 6.68. The number of hydrazine groups is 1. The van der Waals surface area contributed by atoms with Gasteiger partial charge in [0, 0.05) is 17.6 Å². The monoisotopic (exact) mass is 436 g/mol. The molecule has 0 spiro atoms. The van der Waals surface area contributed by atoms with Crippen LogP contribution >= 0.6 is 15.9 Å². The summed E-state index contributed by atoms with van der Waals surface area (Å²) in [6, 6.07) is 13.0. The number of sulfone groups is 1. The second kappa shape index (κ2) is 8.33. The molecule has 1 aliphatic heterocycles. The van der Waals surface area contributed by atoms with Crippen LogP contribution in [0.3, 0.4) is 0 Å². The highest BCUT2D eigenvalue weighted by atomic mass is 79.9. The molecule has 1 fully saturated rings. The van der Waals surface area contributed by atoms with Crippen molar-refractivity contribution in [3.8, 4) is 0 Å². The van der Waals surface area contributed by atoms with E-state index in [2.05, 4.69) is 21.4 Å². The van der Waals surface area contributed by atoms with Gasteiger partial charge in [-0.15, -0.1) is 0 Å². The minimum Gasteiger partial charge on any atom is -0.289 e. The Hall–Kier alpha value is -1.70. The third-order valence-electron chi connectivity index (χ3n) is 4.36. The van der Waals surface area contributed by atoms with Gasteiger partial charge in [0.1, 0.15) is 0 Å².